The fraction of sp³-hybridized carbons (Fsp3) is 0.115. The Balaban J connectivity index is 1.64. The molecule has 1 heterocycles. The predicted octanol–water partition coefficient (Wildman–Crippen LogP) is 5.14. The lowest BCUT2D eigenvalue weighted by atomic mass is 10.1. The van der Waals surface area contributed by atoms with E-state index in [-0.39, 0.29) is 30.2 Å². The van der Waals surface area contributed by atoms with E-state index in [1.54, 1.807) is 25.1 Å². The molecule has 1 N–H and O–H groups in total. The van der Waals surface area contributed by atoms with Crippen molar-refractivity contribution in [3.8, 4) is 11.5 Å². The fourth-order valence-electron chi connectivity index (χ4n) is 3.62. The molecule has 0 aromatic heterocycles. The van der Waals surface area contributed by atoms with E-state index in [0.717, 1.165) is 6.07 Å². The molecule has 4 rings (SSSR count). The molecule has 1 saturated heterocycles. The van der Waals surface area contributed by atoms with E-state index >= 15 is 0 Å². The van der Waals surface area contributed by atoms with Gasteiger partial charge in [-0.25, -0.2) is 14.1 Å². The van der Waals surface area contributed by atoms with Crippen LogP contribution in [0.25, 0.3) is 6.08 Å². The van der Waals surface area contributed by atoms with Crippen molar-refractivity contribution < 1.29 is 33.2 Å². The van der Waals surface area contributed by atoms with E-state index in [2.05, 4.69) is 21.2 Å². The maximum Gasteiger partial charge on any atom is 0.336 e. The molecular formula is C26H19BrFN3O7. The molecule has 12 heteroatoms. The summed E-state index contributed by atoms with van der Waals surface area (Å²) in [5.41, 5.74) is 0.322. The van der Waals surface area contributed by atoms with E-state index in [9.17, 15) is 28.9 Å². The predicted molar refractivity (Wildman–Crippen MR) is 138 cm³/mol. The molecule has 3 aromatic rings. The van der Waals surface area contributed by atoms with E-state index in [4.69, 9.17) is 9.47 Å². The molecule has 0 bridgehead atoms. The Labute approximate surface area is 223 Å². The van der Waals surface area contributed by atoms with Crippen LogP contribution in [-0.4, -0.2) is 29.4 Å². The maximum atomic E-state index is 14.3. The first-order valence-corrected chi connectivity index (χ1v) is 12.0. The van der Waals surface area contributed by atoms with Crippen LogP contribution in [0.1, 0.15) is 18.1 Å². The number of nitrogens with zero attached hydrogens (tertiary/aromatic N) is 2. The van der Waals surface area contributed by atoms with Crippen LogP contribution in [0.4, 0.5) is 20.6 Å². The quantitative estimate of drug-likeness (QED) is 0.168. The number of non-ortho nitro benzene ring substituents is 1. The zero-order valence-electron chi connectivity index (χ0n) is 19.8. The second-order valence-corrected chi connectivity index (χ2v) is 8.74. The van der Waals surface area contributed by atoms with Gasteiger partial charge in [-0.1, -0.05) is 12.1 Å². The standard InChI is InChI=1S/C26H19BrFN3O7/c1-2-37-22-13-16(12-19(27)23(22)38-14-15-7-9-17(10-8-15)31(35)36)11-18-24(32)29-26(34)30(25(18)33)21-6-4-3-5-20(21)28/h3-13H,2,14H2,1H3,(H,29,32,34)/b18-11-. The van der Waals surface area contributed by atoms with Crippen LogP contribution in [0.5, 0.6) is 11.5 Å². The number of rotatable bonds is 8. The number of nitro groups is 1. The van der Waals surface area contributed by atoms with Crippen LogP contribution in [0.3, 0.4) is 0 Å². The normalized spacial score (nSPS) is 14.4. The number of nitrogens with one attached hydrogen (secondary N) is 1. The van der Waals surface area contributed by atoms with Crippen molar-refractivity contribution in [1.29, 1.82) is 0 Å². The average Bonchev–Trinajstić information content (AvgIpc) is 2.87. The number of amides is 4. The number of ether oxygens (including phenoxy) is 2. The van der Waals surface area contributed by atoms with Gasteiger partial charge in [0.05, 0.1) is 21.7 Å². The monoisotopic (exact) mass is 583 g/mol. The third-order valence-corrected chi connectivity index (χ3v) is 5.96. The largest absolute Gasteiger partial charge is 0.490 e. The summed E-state index contributed by atoms with van der Waals surface area (Å²) in [5.74, 6) is -2.10. The Morgan fingerprint density at radius 2 is 1.79 bits per heavy atom. The maximum absolute atomic E-state index is 14.3. The van der Waals surface area contributed by atoms with Gasteiger partial charge in [0.1, 0.15) is 18.0 Å². The van der Waals surface area contributed by atoms with Crippen molar-refractivity contribution in [2.75, 3.05) is 11.5 Å². The molecule has 0 spiro atoms. The molecule has 0 aliphatic carbocycles. The summed E-state index contributed by atoms with van der Waals surface area (Å²) in [7, 11) is 0. The molecule has 0 atom stereocenters. The summed E-state index contributed by atoms with van der Waals surface area (Å²) >= 11 is 3.41. The van der Waals surface area contributed by atoms with Crippen molar-refractivity contribution in [2.45, 2.75) is 13.5 Å². The molecule has 4 amide bonds. The highest BCUT2D eigenvalue weighted by Crippen LogP contribution is 2.38. The molecule has 0 saturated carbocycles. The second-order valence-electron chi connectivity index (χ2n) is 7.88. The topological polar surface area (TPSA) is 128 Å². The van der Waals surface area contributed by atoms with Crippen LogP contribution >= 0.6 is 15.9 Å². The summed E-state index contributed by atoms with van der Waals surface area (Å²) in [6.07, 6.45) is 1.26. The lowest BCUT2D eigenvalue weighted by molar-refractivity contribution is -0.384. The van der Waals surface area contributed by atoms with Crippen LogP contribution in [0.15, 0.2) is 70.7 Å². The molecule has 0 unspecified atom stereocenters. The smallest absolute Gasteiger partial charge is 0.336 e. The molecule has 1 aliphatic rings. The Bertz CT molecular complexity index is 1470. The van der Waals surface area contributed by atoms with Crippen molar-refractivity contribution in [2.24, 2.45) is 0 Å². The Morgan fingerprint density at radius 1 is 1.08 bits per heavy atom. The Kier molecular flexibility index (Phi) is 7.82. The van der Waals surface area contributed by atoms with Gasteiger partial charge < -0.3 is 9.47 Å². The van der Waals surface area contributed by atoms with Gasteiger partial charge in [-0.05, 0) is 76.5 Å². The minimum atomic E-state index is -1.06. The summed E-state index contributed by atoms with van der Waals surface area (Å²) in [5, 5.41) is 12.9. The average molecular weight is 584 g/mol. The van der Waals surface area contributed by atoms with Crippen molar-refractivity contribution in [3.63, 3.8) is 0 Å². The van der Waals surface area contributed by atoms with Gasteiger partial charge in [0.15, 0.2) is 11.5 Å². The number of urea groups is 1. The third kappa shape index (κ3) is 5.54. The van der Waals surface area contributed by atoms with Crippen LogP contribution < -0.4 is 19.7 Å². The highest BCUT2D eigenvalue weighted by molar-refractivity contribution is 9.10. The number of anilines is 1. The number of benzene rings is 3. The number of carbonyl (C=O) groups is 3. The van der Waals surface area contributed by atoms with E-state index in [0.29, 0.717) is 32.0 Å². The third-order valence-electron chi connectivity index (χ3n) is 5.37. The van der Waals surface area contributed by atoms with Gasteiger partial charge in [0.25, 0.3) is 17.5 Å². The number of nitro benzene ring substituents is 1. The number of barbiturate groups is 1. The van der Waals surface area contributed by atoms with Gasteiger partial charge in [0.2, 0.25) is 0 Å². The summed E-state index contributed by atoms with van der Waals surface area (Å²) in [6.45, 7) is 2.11. The highest BCUT2D eigenvalue weighted by atomic mass is 79.9. The second kappa shape index (κ2) is 11.2. The van der Waals surface area contributed by atoms with Gasteiger partial charge in [-0.2, -0.15) is 0 Å². The molecule has 0 radical (unpaired) electrons. The number of halogens is 2. The molecular weight excluding hydrogens is 565 g/mol. The number of hydrogen-bond donors (Lipinski definition) is 1. The Morgan fingerprint density at radius 3 is 2.45 bits per heavy atom. The first-order chi connectivity index (χ1) is 18.2. The van der Waals surface area contributed by atoms with Gasteiger partial charge >= 0.3 is 6.03 Å². The molecule has 194 valence electrons. The minimum Gasteiger partial charge on any atom is -0.490 e. The van der Waals surface area contributed by atoms with Crippen molar-refractivity contribution in [1.82, 2.24) is 5.32 Å². The van der Waals surface area contributed by atoms with Crippen LogP contribution in [-0.2, 0) is 16.2 Å². The fourth-order valence-corrected chi connectivity index (χ4v) is 4.19. The van der Waals surface area contributed by atoms with E-state index < -0.39 is 28.6 Å². The van der Waals surface area contributed by atoms with Crippen molar-refractivity contribution >= 4 is 51.2 Å². The highest BCUT2D eigenvalue weighted by Gasteiger charge is 2.38. The summed E-state index contributed by atoms with van der Waals surface area (Å²) < 4.78 is 26.3. The van der Waals surface area contributed by atoms with E-state index in [1.807, 2.05) is 0 Å². The molecule has 1 fully saturated rings. The lowest BCUT2D eigenvalue weighted by Crippen LogP contribution is -2.54. The van der Waals surface area contributed by atoms with Crippen molar-refractivity contribution in [3.05, 3.63) is 97.8 Å². The van der Waals surface area contributed by atoms with Crippen LogP contribution in [0.2, 0.25) is 0 Å². The lowest BCUT2D eigenvalue weighted by Gasteiger charge is -2.26. The molecule has 1 aliphatic heterocycles. The van der Waals surface area contributed by atoms with Crippen LogP contribution in [0, 0.1) is 15.9 Å². The summed E-state index contributed by atoms with van der Waals surface area (Å²) in [4.78, 5) is 48.9. The zero-order chi connectivity index (χ0) is 27.4. The minimum absolute atomic E-state index is 0.0427. The first-order valence-electron chi connectivity index (χ1n) is 11.2. The van der Waals surface area contributed by atoms with Gasteiger partial charge in [-0.3, -0.25) is 25.0 Å². The van der Waals surface area contributed by atoms with E-state index in [1.165, 1.54) is 42.5 Å². The first kappa shape index (κ1) is 26.5. The number of carbonyl (C=O) groups excluding carboxylic acids is 3. The number of hydrogen-bond acceptors (Lipinski definition) is 7. The SMILES string of the molecule is CCOc1cc(/C=C2/C(=O)NC(=O)N(c3ccccc3F)C2=O)cc(Br)c1OCc1ccc([N+](=O)[O-])cc1. The van der Waals surface area contributed by atoms with Gasteiger partial charge in [0, 0.05) is 12.1 Å². The van der Waals surface area contributed by atoms with Gasteiger partial charge in [-0.15, -0.1) is 0 Å². The number of imide groups is 2. The molecule has 38 heavy (non-hydrogen) atoms. The molecule has 10 nitrogen and oxygen atoms in total. The zero-order valence-corrected chi connectivity index (χ0v) is 21.4. The number of para-hydroxylation sites is 1. The summed E-state index contributed by atoms with van der Waals surface area (Å²) in [6, 6.07) is 13.1. The molecule has 3 aromatic carbocycles. The Hall–Kier alpha value is -4.58.